The van der Waals surface area contributed by atoms with Crippen molar-refractivity contribution in [3.8, 4) is 5.75 Å². The lowest BCUT2D eigenvalue weighted by Crippen LogP contribution is -2.71. The number of ether oxygens (including phenoxy) is 1. The van der Waals surface area contributed by atoms with Crippen molar-refractivity contribution in [3.05, 3.63) is 58.9 Å². The molecule has 0 spiro atoms. The zero-order valence-electron chi connectivity index (χ0n) is 20.8. The molecule has 1 aromatic heterocycles. The van der Waals surface area contributed by atoms with Gasteiger partial charge in [-0.15, -0.1) is 0 Å². The van der Waals surface area contributed by atoms with E-state index in [-0.39, 0.29) is 11.5 Å². The number of hydrogen-bond acceptors (Lipinski definition) is 5. The number of benzene rings is 1. The molecule has 4 aliphatic rings. The Balaban J connectivity index is 1.31. The molecule has 0 radical (unpaired) electrons. The minimum Gasteiger partial charge on any atom is -0.497 e. The van der Waals surface area contributed by atoms with Crippen LogP contribution in [0.1, 0.15) is 54.5 Å². The molecule has 182 valence electrons. The highest BCUT2D eigenvalue weighted by Gasteiger charge is 2.63. The van der Waals surface area contributed by atoms with Gasteiger partial charge in [0, 0.05) is 49.4 Å². The Morgan fingerprint density at radius 1 is 1.12 bits per heavy atom. The summed E-state index contributed by atoms with van der Waals surface area (Å²) in [6.07, 6.45) is 9.46. The molecule has 0 amide bonds. The quantitative estimate of drug-likeness (QED) is 0.710. The van der Waals surface area contributed by atoms with E-state index in [4.69, 9.17) is 4.74 Å². The SMILES string of the molecule is COc1ccc2c(c1)[C@@]13CCN(CCc4ncccc4C)CC[C@@]1(O)[C@@H](C2)N(CC1CC1)CC3. The number of hydrogen-bond donors (Lipinski definition) is 1. The molecule has 5 heteroatoms. The van der Waals surface area contributed by atoms with E-state index in [2.05, 4.69) is 46.0 Å². The molecule has 3 atom stereocenters. The lowest BCUT2D eigenvalue weighted by molar-refractivity contribution is -0.149. The van der Waals surface area contributed by atoms with E-state index in [1.807, 2.05) is 12.3 Å². The van der Waals surface area contributed by atoms with Crippen LogP contribution in [-0.2, 0) is 18.3 Å². The van der Waals surface area contributed by atoms with Gasteiger partial charge in [0.1, 0.15) is 5.75 Å². The largest absolute Gasteiger partial charge is 0.497 e. The second kappa shape index (κ2) is 8.61. The zero-order chi connectivity index (χ0) is 23.3. The van der Waals surface area contributed by atoms with Crippen LogP contribution in [0.25, 0.3) is 0 Å². The molecular formula is C29H39N3O2. The number of piperidine rings is 1. The van der Waals surface area contributed by atoms with Crippen molar-refractivity contribution in [2.24, 2.45) is 5.92 Å². The summed E-state index contributed by atoms with van der Waals surface area (Å²) in [5, 5.41) is 12.7. The number of pyridine rings is 1. The maximum absolute atomic E-state index is 12.7. The summed E-state index contributed by atoms with van der Waals surface area (Å²) in [5.74, 6) is 1.76. The standard InChI is InChI=1S/C29H39N3O2/c1-21-4-3-13-30-26(21)9-14-31-15-10-28-11-17-32(20-22-5-6-22)27(29(28,33)12-16-31)18-23-7-8-24(34-2)19-25(23)28/h3-4,7-8,13,19,22,27,33H,5-6,9-12,14-18,20H2,1-2H3/t27-,28+,29-/m1/s1. The maximum atomic E-state index is 12.7. The molecule has 2 aromatic rings. The summed E-state index contributed by atoms with van der Waals surface area (Å²) in [4.78, 5) is 9.87. The zero-order valence-corrected chi connectivity index (χ0v) is 20.8. The number of aliphatic hydroxyl groups is 1. The number of nitrogens with zero attached hydrogens (tertiary/aromatic N) is 3. The maximum Gasteiger partial charge on any atom is 0.119 e. The van der Waals surface area contributed by atoms with Crippen LogP contribution in [0.15, 0.2) is 36.5 Å². The van der Waals surface area contributed by atoms with Gasteiger partial charge in [0.15, 0.2) is 0 Å². The van der Waals surface area contributed by atoms with Gasteiger partial charge in [0.25, 0.3) is 0 Å². The van der Waals surface area contributed by atoms with Crippen LogP contribution < -0.4 is 4.74 Å². The van der Waals surface area contributed by atoms with Gasteiger partial charge < -0.3 is 14.7 Å². The van der Waals surface area contributed by atoms with Crippen molar-refractivity contribution in [3.63, 3.8) is 0 Å². The first-order valence-corrected chi connectivity index (χ1v) is 13.3. The first kappa shape index (κ1) is 22.5. The van der Waals surface area contributed by atoms with Gasteiger partial charge >= 0.3 is 0 Å². The molecule has 1 aromatic carbocycles. The van der Waals surface area contributed by atoms with Crippen LogP contribution in [0.4, 0.5) is 0 Å². The average Bonchev–Trinajstić information content (AvgIpc) is 3.67. The summed E-state index contributed by atoms with van der Waals surface area (Å²) >= 11 is 0. The molecule has 34 heavy (non-hydrogen) atoms. The second-order valence-electron chi connectivity index (χ2n) is 11.3. The fourth-order valence-corrected chi connectivity index (χ4v) is 7.30. The fraction of sp³-hybridized carbons (Fsp3) is 0.621. The van der Waals surface area contributed by atoms with E-state index in [1.165, 1.54) is 35.2 Å². The number of methoxy groups -OCH3 is 1. The van der Waals surface area contributed by atoms with Crippen LogP contribution in [0.3, 0.4) is 0 Å². The van der Waals surface area contributed by atoms with Crippen molar-refractivity contribution in [2.45, 2.75) is 68.9 Å². The van der Waals surface area contributed by atoms with Crippen LogP contribution >= 0.6 is 0 Å². The van der Waals surface area contributed by atoms with Crippen molar-refractivity contribution < 1.29 is 9.84 Å². The lowest BCUT2D eigenvalue weighted by atomic mass is 9.52. The first-order chi connectivity index (χ1) is 16.5. The van der Waals surface area contributed by atoms with Crippen LogP contribution in [0, 0.1) is 12.8 Å². The average molecular weight is 462 g/mol. The molecule has 6 rings (SSSR count). The highest BCUT2D eigenvalue weighted by molar-refractivity contribution is 5.48. The number of rotatable bonds is 6. The van der Waals surface area contributed by atoms with Crippen molar-refractivity contribution >= 4 is 0 Å². The first-order valence-electron chi connectivity index (χ1n) is 13.3. The van der Waals surface area contributed by atoms with Gasteiger partial charge in [-0.05, 0) is 99.3 Å². The molecule has 2 aliphatic carbocycles. The van der Waals surface area contributed by atoms with Gasteiger partial charge in [0.2, 0.25) is 0 Å². The van der Waals surface area contributed by atoms with Crippen LogP contribution in [0.5, 0.6) is 5.75 Å². The van der Waals surface area contributed by atoms with Gasteiger partial charge in [-0.3, -0.25) is 9.88 Å². The molecule has 1 saturated carbocycles. The molecular weight excluding hydrogens is 422 g/mol. The topological polar surface area (TPSA) is 48.8 Å². The third kappa shape index (κ3) is 3.68. The normalized spacial score (nSPS) is 31.4. The predicted molar refractivity (Wildman–Crippen MR) is 134 cm³/mol. The molecule has 5 nitrogen and oxygen atoms in total. The van der Waals surface area contributed by atoms with E-state index >= 15 is 0 Å². The molecule has 1 N–H and O–H groups in total. The van der Waals surface area contributed by atoms with E-state index in [1.54, 1.807) is 7.11 Å². The Bertz CT molecular complexity index is 1050. The summed E-state index contributed by atoms with van der Waals surface area (Å²) in [7, 11) is 1.75. The Hall–Kier alpha value is -1.95. The minimum absolute atomic E-state index is 0.185. The Labute approximate surface area is 204 Å². The smallest absolute Gasteiger partial charge is 0.119 e. The summed E-state index contributed by atoms with van der Waals surface area (Å²) < 4.78 is 5.65. The molecule has 3 heterocycles. The van der Waals surface area contributed by atoms with Gasteiger partial charge in [0.05, 0.1) is 12.7 Å². The fourth-order valence-electron chi connectivity index (χ4n) is 7.30. The molecule has 0 unspecified atom stereocenters. The van der Waals surface area contributed by atoms with Gasteiger partial charge in [-0.1, -0.05) is 12.1 Å². The van der Waals surface area contributed by atoms with Gasteiger partial charge in [-0.2, -0.15) is 0 Å². The monoisotopic (exact) mass is 461 g/mol. The summed E-state index contributed by atoms with van der Waals surface area (Å²) in [5.41, 5.74) is 4.39. The third-order valence-corrected chi connectivity index (χ3v) is 9.53. The van der Waals surface area contributed by atoms with E-state index in [0.717, 1.165) is 76.5 Å². The van der Waals surface area contributed by atoms with Crippen molar-refractivity contribution in [1.82, 2.24) is 14.8 Å². The predicted octanol–water partition coefficient (Wildman–Crippen LogP) is 3.75. The minimum atomic E-state index is -0.685. The summed E-state index contributed by atoms with van der Waals surface area (Å²) in [6, 6.07) is 11.0. The Morgan fingerprint density at radius 3 is 2.74 bits per heavy atom. The third-order valence-electron chi connectivity index (χ3n) is 9.53. The highest BCUT2D eigenvalue weighted by Crippen LogP contribution is 2.56. The van der Waals surface area contributed by atoms with E-state index in [0.29, 0.717) is 0 Å². The molecule has 2 saturated heterocycles. The Morgan fingerprint density at radius 2 is 1.94 bits per heavy atom. The highest BCUT2D eigenvalue weighted by atomic mass is 16.5. The van der Waals surface area contributed by atoms with Crippen LogP contribution in [-0.4, -0.2) is 71.4 Å². The van der Waals surface area contributed by atoms with Crippen molar-refractivity contribution in [2.75, 3.05) is 39.8 Å². The molecule has 2 bridgehead atoms. The number of aromatic nitrogens is 1. The van der Waals surface area contributed by atoms with Gasteiger partial charge in [-0.25, -0.2) is 0 Å². The molecule has 3 fully saturated rings. The molecule has 2 aliphatic heterocycles. The van der Waals surface area contributed by atoms with E-state index < -0.39 is 5.60 Å². The number of fused-ring (bicyclic) bond motifs is 1. The Kier molecular flexibility index (Phi) is 5.70. The second-order valence-corrected chi connectivity index (χ2v) is 11.3. The number of aryl methyl sites for hydroxylation is 1. The number of likely N-dealkylation sites (tertiary alicyclic amines) is 2. The van der Waals surface area contributed by atoms with E-state index in [9.17, 15) is 5.11 Å². The van der Waals surface area contributed by atoms with Crippen molar-refractivity contribution in [1.29, 1.82) is 0 Å². The van der Waals surface area contributed by atoms with Crippen LogP contribution in [0.2, 0.25) is 0 Å². The lowest BCUT2D eigenvalue weighted by Gasteiger charge is -2.61. The summed E-state index contributed by atoms with van der Waals surface area (Å²) in [6.45, 7) is 7.41.